The van der Waals surface area contributed by atoms with Gasteiger partial charge in [-0.3, -0.25) is 19.7 Å². The molecule has 1 aliphatic heterocycles. The van der Waals surface area contributed by atoms with Gasteiger partial charge in [-0.2, -0.15) is 4.99 Å². The lowest BCUT2D eigenvalue weighted by molar-refractivity contribution is -0.384. The first-order valence-corrected chi connectivity index (χ1v) is 10.2. The first-order chi connectivity index (χ1) is 15.0. The molecule has 0 bridgehead atoms. The number of rotatable bonds is 6. The minimum Gasteiger partial charge on any atom is -0.466 e. The fraction of sp³-hybridized carbons (Fsp3) is 0.250. The molecule has 0 saturated heterocycles. The number of nitrogens with zero attached hydrogens (tertiary/aromatic N) is 3. The van der Waals surface area contributed by atoms with Crippen molar-refractivity contribution in [2.24, 2.45) is 4.99 Å². The molecular formula is C20H17N3O7S. The molecule has 0 radical (unpaired) electrons. The fourth-order valence-corrected chi connectivity index (χ4v) is 4.14. The summed E-state index contributed by atoms with van der Waals surface area (Å²) < 4.78 is 18.4. The van der Waals surface area contributed by atoms with E-state index in [4.69, 9.17) is 14.2 Å². The summed E-state index contributed by atoms with van der Waals surface area (Å²) in [6.45, 7) is 2.40. The topological polar surface area (TPSA) is 122 Å². The molecule has 1 aromatic heterocycles. The normalized spacial score (nSPS) is 12.9. The zero-order valence-corrected chi connectivity index (χ0v) is 17.2. The van der Waals surface area contributed by atoms with Crippen LogP contribution >= 0.6 is 11.3 Å². The Morgan fingerprint density at radius 3 is 2.61 bits per heavy atom. The molecule has 11 heteroatoms. The van der Waals surface area contributed by atoms with Crippen molar-refractivity contribution in [1.82, 2.24) is 4.57 Å². The maximum atomic E-state index is 12.7. The zero-order valence-electron chi connectivity index (χ0n) is 16.4. The summed E-state index contributed by atoms with van der Waals surface area (Å²) in [7, 11) is 0. The Labute approximate surface area is 179 Å². The van der Waals surface area contributed by atoms with E-state index < -0.39 is 10.8 Å². The number of amides is 1. The molecule has 0 atom stereocenters. The van der Waals surface area contributed by atoms with Gasteiger partial charge in [0.25, 0.3) is 11.6 Å². The number of aryl methyl sites for hydroxylation is 1. The second-order valence-electron chi connectivity index (χ2n) is 6.49. The lowest BCUT2D eigenvalue weighted by Gasteiger charge is -2.06. The number of thiazole rings is 1. The van der Waals surface area contributed by atoms with Gasteiger partial charge in [-0.1, -0.05) is 11.3 Å². The van der Waals surface area contributed by atoms with Crippen LogP contribution in [0, 0.1) is 10.1 Å². The van der Waals surface area contributed by atoms with Gasteiger partial charge in [-0.25, -0.2) is 0 Å². The molecule has 2 heterocycles. The molecule has 1 amide bonds. The molecule has 2 aromatic carbocycles. The highest BCUT2D eigenvalue weighted by atomic mass is 32.1. The molecule has 0 aliphatic carbocycles. The number of carbonyl (C=O) groups is 2. The average Bonchev–Trinajstić information content (AvgIpc) is 3.34. The van der Waals surface area contributed by atoms with Crippen molar-refractivity contribution in [1.29, 1.82) is 0 Å². The molecule has 0 spiro atoms. The molecule has 0 N–H and O–H groups in total. The summed E-state index contributed by atoms with van der Waals surface area (Å²) in [6, 6.07) is 8.81. The summed E-state index contributed by atoms with van der Waals surface area (Å²) in [5.41, 5.74) is 0.848. The zero-order chi connectivity index (χ0) is 22.0. The number of hydrogen-bond acceptors (Lipinski definition) is 8. The predicted octanol–water partition coefficient (Wildman–Crippen LogP) is 3.03. The van der Waals surface area contributed by atoms with E-state index >= 15 is 0 Å². The highest BCUT2D eigenvalue weighted by Crippen LogP contribution is 2.37. The number of aromatic nitrogens is 1. The van der Waals surface area contributed by atoms with E-state index in [1.165, 1.54) is 35.6 Å². The highest BCUT2D eigenvalue weighted by Gasteiger charge is 2.19. The van der Waals surface area contributed by atoms with Crippen molar-refractivity contribution in [2.45, 2.75) is 19.9 Å². The average molecular weight is 443 g/mol. The second kappa shape index (κ2) is 8.56. The fourth-order valence-electron chi connectivity index (χ4n) is 3.07. The maximum Gasteiger partial charge on any atom is 0.307 e. The van der Waals surface area contributed by atoms with Crippen molar-refractivity contribution in [3.63, 3.8) is 0 Å². The van der Waals surface area contributed by atoms with Crippen LogP contribution in [0.5, 0.6) is 11.5 Å². The quantitative estimate of drug-likeness (QED) is 0.326. The van der Waals surface area contributed by atoms with E-state index in [9.17, 15) is 19.7 Å². The number of carbonyl (C=O) groups excluding carboxylic acids is 2. The summed E-state index contributed by atoms with van der Waals surface area (Å²) in [5.74, 6) is 0.261. The van der Waals surface area contributed by atoms with Crippen molar-refractivity contribution in [3.05, 3.63) is 56.9 Å². The Morgan fingerprint density at radius 1 is 1.23 bits per heavy atom. The summed E-state index contributed by atoms with van der Waals surface area (Å²) >= 11 is 1.27. The van der Waals surface area contributed by atoms with E-state index in [1.54, 1.807) is 23.6 Å². The molecule has 3 aromatic rings. The number of ether oxygens (including phenoxy) is 3. The summed E-state index contributed by atoms with van der Waals surface area (Å²) in [6.07, 6.45) is 0.104. The lowest BCUT2D eigenvalue weighted by atomic mass is 10.2. The van der Waals surface area contributed by atoms with Gasteiger partial charge >= 0.3 is 5.97 Å². The van der Waals surface area contributed by atoms with E-state index in [1.807, 2.05) is 0 Å². The number of non-ortho nitro benzene ring substituents is 1. The number of hydrogen-bond donors (Lipinski definition) is 0. The second-order valence-corrected chi connectivity index (χ2v) is 7.49. The van der Waals surface area contributed by atoms with Crippen LogP contribution in [0.25, 0.3) is 10.2 Å². The highest BCUT2D eigenvalue weighted by molar-refractivity contribution is 7.16. The predicted molar refractivity (Wildman–Crippen MR) is 110 cm³/mol. The van der Waals surface area contributed by atoms with Crippen molar-refractivity contribution in [3.8, 4) is 11.5 Å². The summed E-state index contributed by atoms with van der Waals surface area (Å²) in [4.78, 5) is 39.4. The Bertz CT molecular complexity index is 1240. The van der Waals surface area contributed by atoms with Gasteiger partial charge in [-0.15, -0.1) is 0 Å². The molecule has 4 rings (SSSR count). The maximum absolute atomic E-state index is 12.7. The van der Waals surface area contributed by atoms with Gasteiger partial charge in [0.1, 0.15) is 0 Å². The molecule has 1 aliphatic rings. The van der Waals surface area contributed by atoms with Crippen molar-refractivity contribution < 1.29 is 28.7 Å². The summed E-state index contributed by atoms with van der Waals surface area (Å²) in [5, 5.41) is 10.8. The Balaban J connectivity index is 1.74. The van der Waals surface area contributed by atoms with Gasteiger partial charge in [-0.05, 0) is 19.1 Å². The molecule has 0 saturated carbocycles. The Kier molecular flexibility index (Phi) is 5.67. The van der Waals surface area contributed by atoms with Gasteiger partial charge in [0.15, 0.2) is 16.3 Å². The molecule has 0 unspecified atom stereocenters. The SMILES string of the molecule is CCOC(=O)CCn1c(=NC(=O)c2ccc([N+](=O)[O-])cc2)sc2cc3c(cc21)OCO3. The third kappa shape index (κ3) is 4.26. The lowest BCUT2D eigenvalue weighted by Crippen LogP contribution is -2.19. The van der Waals surface area contributed by atoms with Crippen LogP contribution in [0.4, 0.5) is 5.69 Å². The number of benzene rings is 2. The van der Waals surface area contributed by atoms with E-state index in [-0.39, 0.29) is 43.6 Å². The van der Waals surface area contributed by atoms with Crippen LogP contribution in [0.15, 0.2) is 41.4 Å². The number of fused-ring (bicyclic) bond motifs is 2. The van der Waals surface area contributed by atoms with E-state index in [0.29, 0.717) is 16.3 Å². The largest absolute Gasteiger partial charge is 0.466 e. The van der Waals surface area contributed by atoms with Crippen LogP contribution in [0.2, 0.25) is 0 Å². The molecule has 160 valence electrons. The number of nitro benzene ring substituents is 1. The van der Waals surface area contributed by atoms with E-state index in [0.717, 1.165) is 10.2 Å². The molecule has 0 fully saturated rings. The third-order valence-corrected chi connectivity index (χ3v) is 5.59. The third-order valence-electron chi connectivity index (χ3n) is 4.54. The first-order valence-electron chi connectivity index (χ1n) is 9.38. The Hall–Kier alpha value is -3.73. The van der Waals surface area contributed by atoms with Gasteiger partial charge < -0.3 is 18.8 Å². The van der Waals surface area contributed by atoms with Crippen LogP contribution < -0.4 is 14.3 Å². The number of nitro groups is 1. The van der Waals surface area contributed by atoms with Crippen LogP contribution in [0.3, 0.4) is 0 Å². The minimum atomic E-state index is -0.550. The van der Waals surface area contributed by atoms with Crippen LogP contribution in [-0.2, 0) is 16.1 Å². The molecule has 31 heavy (non-hydrogen) atoms. The smallest absolute Gasteiger partial charge is 0.307 e. The van der Waals surface area contributed by atoms with Gasteiger partial charge in [0.05, 0.1) is 28.2 Å². The van der Waals surface area contributed by atoms with Crippen LogP contribution in [0.1, 0.15) is 23.7 Å². The minimum absolute atomic E-state index is 0.104. The Morgan fingerprint density at radius 2 is 1.94 bits per heavy atom. The van der Waals surface area contributed by atoms with Gasteiger partial charge in [0, 0.05) is 36.4 Å². The molecule has 10 nitrogen and oxygen atoms in total. The van der Waals surface area contributed by atoms with Crippen molar-refractivity contribution in [2.75, 3.05) is 13.4 Å². The first kappa shape index (κ1) is 20.5. The van der Waals surface area contributed by atoms with Crippen molar-refractivity contribution >= 4 is 39.1 Å². The standard InChI is InChI=1S/C20H17N3O7S/c1-2-28-18(24)7-8-22-14-9-15-16(30-11-29-15)10-17(14)31-20(22)21-19(25)12-3-5-13(6-4-12)23(26)27/h3-6,9-10H,2,7-8,11H2,1H3. The molecular weight excluding hydrogens is 426 g/mol. The van der Waals surface area contributed by atoms with Crippen LogP contribution in [-0.4, -0.2) is 34.8 Å². The number of esters is 1. The van der Waals surface area contributed by atoms with E-state index in [2.05, 4.69) is 4.99 Å². The van der Waals surface area contributed by atoms with Gasteiger partial charge in [0.2, 0.25) is 6.79 Å². The monoisotopic (exact) mass is 443 g/mol.